The van der Waals surface area contributed by atoms with Gasteiger partial charge in [0.05, 0.1) is 6.54 Å². The first-order valence-electron chi connectivity index (χ1n) is 9.92. The Hall–Kier alpha value is -3.67. The molecule has 0 saturated carbocycles. The van der Waals surface area contributed by atoms with Crippen LogP contribution in [0.5, 0.6) is 5.75 Å². The number of thiazole rings is 1. The van der Waals surface area contributed by atoms with Crippen molar-refractivity contribution in [3.63, 3.8) is 0 Å². The zero-order valence-electron chi connectivity index (χ0n) is 17.3. The molecule has 33 heavy (non-hydrogen) atoms. The van der Waals surface area contributed by atoms with Gasteiger partial charge in [-0.25, -0.2) is 15.0 Å². The van der Waals surface area contributed by atoms with E-state index >= 15 is 0 Å². The number of halogens is 3. The summed E-state index contributed by atoms with van der Waals surface area (Å²) in [5.74, 6) is 0.148. The number of fused-ring (bicyclic) bond motifs is 2. The van der Waals surface area contributed by atoms with Crippen molar-refractivity contribution in [1.82, 2.24) is 19.9 Å². The average Bonchev–Trinajstić information content (AvgIpc) is 2.98. The van der Waals surface area contributed by atoms with Gasteiger partial charge in [0.1, 0.15) is 34.1 Å². The van der Waals surface area contributed by atoms with Crippen molar-refractivity contribution >= 4 is 38.6 Å². The second kappa shape index (κ2) is 7.73. The molecule has 0 radical (unpaired) electrons. The maximum atomic E-state index is 13.6. The summed E-state index contributed by atoms with van der Waals surface area (Å²) in [5, 5.41) is 0.432. The molecule has 0 spiro atoms. The van der Waals surface area contributed by atoms with Crippen LogP contribution in [0.1, 0.15) is 16.7 Å². The summed E-state index contributed by atoms with van der Waals surface area (Å²) >= 11 is 1.30. The quantitative estimate of drug-likeness (QED) is 0.448. The molecule has 0 aliphatic carbocycles. The van der Waals surface area contributed by atoms with Crippen LogP contribution < -0.4 is 21.1 Å². The van der Waals surface area contributed by atoms with Crippen LogP contribution in [0.3, 0.4) is 0 Å². The lowest BCUT2D eigenvalue weighted by Crippen LogP contribution is -2.29. The smallest absolute Gasteiger partial charge is 0.421 e. The van der Waals surface area contributed by atoms with Gasteiger partial charge in [-0.2, -0.15) is 18.2 Å². The van der Waals surface area contributed by atoms with Gasteiger partial charge in [-0.05, 0) is 36.2 Å². The number of alkyl halides is 3. The molecule has 1 aliphatic heterocycles. The Morgan fingerprint density at radius 1 is 1.06 bits per heavy atom. The van der Waals surface area contributed by atoms with E-state index < -0.39 is 11.7 Å². The van der Waals surface area contributed by atoms with Crippen LogP contribution in [0.2, 0.25) is 0 Å². The molecule has 0 amide bonds. The van der Waals surface area contributed by atoms with Crippen LogP contribution in [-0.4, -0.2) is 33.1 Å². The summed E-state index contributed by atoms with van der Waals surface area (Å²) in [6.07, 6.45) is -2.18. The highest BCUT2D eigenvalue weighted by molar-refractivity contribution is 7.21. The second-order valence-corrected chi connectivity index (χ2v) is 8.62. The first kappa shape index (κ1) is 21.2. The number of benzene rings is 1. The standard InChI is InChI=1S/C21H18F3N7OS/c1-10-4-11(12-6-15-18(27-7-12)33-20(26)29-15)5-13-9-31(2-3-32-16(10)13)17-14(21(22,23)24)8-28-19(25)30-17/h4-8H,2-3,9H2,1H3,(H2,26,29)(H2,25,28,30). The molecule has 4 heterocycles. The minimum atomic E-state index is -4.62. The molecule has 170 valence electrons. The van der Waals surface area contributed by atoms with E-state index in [1.165, 1.54) is 16.2 Å². The Kier molecular flexibility index (Phi) is 4.96. The third-order valence-electron chi connectivity index (χ3n) is 5.31. The summed E-state index contributed by atoms with van der Waals surface area (Å²) in [6.45, 7) is 2.45. The molecule has 1 aliphatic rings. The predicted octanol–water partition coefficient (Wildman–Crippen LogP) is 4.04. The second-order valence-electron chi connectivity index (χ2n) is 7.62. The highest BCUT2D eigenvalue weighted by atomic mass is 32.1. The van der Waals surface area contributed by atoms with E-state index in [2.05, 4.69) is 19.9 Å². The van der Waals surface area contributed by atoms with Gasteiger partial charge in [0.15, 0.2) is 5.13 Å². The Morgan fingerprint density at radius 2 is 1.88 bits per heavy atom. The topological polar surface area (TPSA) is 116 Å². The highest BCUT2D eigenvalue weighted by Gasteiger charge is 2.37. The molecule has 4 N–H and O–H groups in total. The Bertz CT molecular complexity index is 1370. The van der Waals surface area contributed by atoms with Crippen LogP contribution in [-0.2, 0) is 12.7 Å². The van der Waals surface area contributed by atoms with Crippen molar-refractivity contribution in [1.29, 1.82) is 0 Å². The van der Waals surface area contributed by atoms with Crippen molar-refractivity contribution in [2.75, 3.05) is 29.5 Å². The summed E-state index contributed by atoms with van der Waals surface area (Å²) < 4.78 is 46.7. The SMILES string of the molecule is Cc1cc(-c2cnc3sc(N)nc3c2)cc2c1OCCN(c1nc(N)ncc1C(F)(F)F)C2. The van der Waals surface area contributed by atoms with E-state index in [4.69, 9.17) is 16.2 Å². The minimum absolute atomic E-state index is 0.156. The predicted molar refractivity (Wildman–Crippen MR) is 120 cm³/mol. The fraction of sp³-hybridized carbons (Fsp3) is 0.238. The van der Waals surface area contributed by atoms with E-state index in [0.717, 1.165) is 27.1 Å². The van der Waals surface area contributed by atoms with Gasteiger partial charge in [-0.1, -0.05) is 11.3 Å². The highest BCUT2D eigenvalue weighted by Crippen LogP contribution is 2.39. The average molecular weight is 473 g/mol. The molecular weight excluding hydrogens is 455 g/mol. The van der Waals surface area contributed by atoms with Crippen LogP contribution in [0, 0.1) is 6.92 Å². The van der Waals surface area contributed by atoms with E-state index in [0.29, 0.717) is 22.6 Å². The third kappa shape index (κ3) is 3.97. The lowest BCUT2D eigenvalue weighted by molar-refractivity contribution is -0.137. The van der Waals surface area contributed by atoms with Crippen LogP contribution >= 0.6 is 11.3 Å². The monoisotopic (exact) mass is 473 g/mol. The molecule has 1 aromatic carbocycles. The maximum Gasteiger partial charge on any atom is 0.421 e. The lowest BCUT2D eigenvalue weighted by Gasteiger charge is -2.24. The molecule has 12 heteroatoms. The molecule has 3 aromatic heterocycles. The molecule has 0 saturated heterocycles. The van der Waals surface area contributed by atoms with Gasteiger partial charge in [-0.3, -0.25) is 0 Å². The summed E-state index contributed by atoms with van der Waals surface area (Å²) in [5.41, 5.74) is 14.4. The molecule has 5 rings (SSSR count). The van der Waals surface area contributed by atoms with E-state index in [1.807, 2.05) is 25.1 Å². The summed E-state index contributed by atoms with van der Waals surface area (Å²) in [7, 11) is 0. The lowest BCUT2D eigenvalue weighted by atomic mass is 9.99. The first-order chi connectivity index (χ1) is 15.7. The molecule has 0 bridgehead atoms. The number of pyridine rings is 1. The van der Waals surface area contributed by atoms with Crippen molar-refractivity contribution in [3.8, 4) is 16.9 Å². The number of nitrogens with zero attached hydrogens (tertiary/aromatic N) is 5. The number of aromatic nitrogens is 4. The maximum absolute atomic E-state index is 13.6. The van der Waals surface area contributed by atoms with Crippen molar-refractivity contribution < 1.29 is 17.9 Å². The Labute approximate surface area is 190 Å². The van der Waals surface area contributed by atoms with Gasteiger partial charge in [-0.15, -0.1) is 0 Å². The number of rotatable bonds is 2. The van der Waals surface area contributed by atoms with E-state index in [-0.39, 0.29) is 31.5 Å². The number of nitrogens with two attached hydrogens (primary N) is 2. The number of anilines is 3. The number of ether oxygens (including phenoxy) is 1. The van der Waals surface area contributed by atoms with Gasteiger partial charge < -0.3 is 21.1 Å². The summed E-state index contributed by atoms with van der Waals surface area (Å²) in [4.78, 5) is 18.4. The largest absolute Gasteiger partial charge is 0.491 e. The van der Waals surface area contributed by atoms with Crippen LogP contribution in [0.25, 0.3) is 21.5 Å². The van der Waals surface area contributed by atoms with E-state index in [1.54, 1.807) is 6.20 Å². The fourth-order valence-electron chi connectivity index (χ4n) is 3.89. The van der Waals surface area contributed by atoms with Gasteiger partial charge in [0.25, 0.3) is 0 Å². The van der Waals surface area contributed by atoms with Crippen LogP contribution in [0.4, 0.5) is 30.1 Å². The Morgan fingerprint density at radius 3 is 2.67 bits per heavy atom. The molecule has 0 fully saturated rings. The van der Waals surface area contributed by atoms with Gasteiger partial charge >= 0.3 is 6.18 Å². The number of hydrogen-bond acceptors (Lipinski definition) is 9. The van der Waals surface area contributed by atoms with Crippen molar-refractivity contribution in [2.24, 2.45) is 0 Å². The first-order valence-corrected chi connectivity index (χ1v) is 10.7. The number of nitrogen functional groups attached to an aromatic ring is 2. The van der Waals surface area contributed by atoms with Gasteiger partial charge in [0.2, 0.25) is 5.95 Å². The van der Waals surface area contributed by atoms with Crippen molar-refractivity contribution in [3.05, 3.63) is 47.3 Å². The van der Waals surface area contributed by atoms with E-state index in [9.17, 15) is 13.2 Å². The van der Waals surface area contributed by atoms with Crippen LogP contribution in [0.15, 0.2) is 30.6 Å². The fourth-order valence-corrected chi connectivity index (χ4v) is 4.54. The minimum Gasteiger partial charge on any atom is -0.491 e. The zero-order chi connectivity index (χ0) is 23.3. The van der Waals surface area contributed by atoms with Crippen molar-refractivity contribution in [2.45, 2.75) is 19.6 Å². The number of aryl methyl sites for hydroxylation is 1. The molecule has 8 nitrogen and oxygen atoms in total. The van der Waals surface area contributed by atoms with Gasteiger partial charge in [0, 0.05) is 30.1 Å². The Balaban J connectivity index is 1.57. The normalized spacial score (nSPS) is 14.1. The zero-order valence-corrected chi connectivity index (χ0v) is 18.2. The molecular formula is C21H18F3N7OS. The molecule has 0 unspecified atom stereocenters. The third-order valence-corrected chi connectivity index (χ3v) is 6.12. The number of hydrogen-bond donors (Lipinski definition) is 2. The summed E-state index contributed by atoms with van der Waals surface area (Å²) in [6, 6.07) is 5.73. The molecule has 4 aromatic rings. The molecule has 0 atom stereocenters.